The van der Waals surface area contributed by atoms with Crippen molar-refractivity contribution in [1.29, 1.82) is 0 Å². The van der Waals surface area contributed by atoms with Crippen LogP contribution in [0.5, 0.6) is 5.75 Å². The van der Waals surface area contributed by atoms with E-state index in [0.717, 1.165) is 24.3 Å². The molecule has 20 heavy (non-hydrogen) atoms. The van der Waals surface area contributed by atoms with Gasteiger partial charge in [-0.1, -0.05) is 32.9 Å². The summed E-state index contributed by atoms with van der Waals surface area (Å²) in [5.41, 5.74) is 7.35. The van der Waals surface area contributed by atoms with Crippen LogP contribution in [0.15, 0.2) is 24.3 Å². The van der Waals surface area contributed by atoms with Crippen LogP contribution in [0.2, 0.25) is 18.1 Å². The molecule has 1 rings (SSSR count). The standard InChI is InChI=1S/C16H29NO2Si/c1-16(2,3)20(5,6)19-12-11-15(17)13-7-9-14(18-4)10-8-13/h7-10,15H,11-12,17H2,1-6H3/t15-/m0/s1. The molecule has 0 saturated carbocycles. The summed E-state index contributed by atoms with van der Waals surface area (Å²) in [7, 11) is 0.00567. The van der Waals surface area contributed by atoms with Crippen molar-refractivity contribution in [3.8, 4) is 5.75 Å². The Bertz CT molecular complexity index is 409. The second-order valence-corrected chi connectivity index (χ2v) is 11.6. The maximum Gasteiger partial charge on any atom is 0.191 e. The Balaban J connectivity index is 2.49. The number of nitrogens with two attached hydrogens (primary N) is 1. The van der Waals surface area contributed by atoms with E-state index in [1.807, 2.05) is 24.3 Å². The topological polar surface area (TPSA) is 44.5 Å². The molecular weight excluding hydrogens is 266 g/mol. The highest BCUT2D eigenvalue weighted by Gasteiger charge is 2.36. The second-order valence-electron chi connectivity index (χ2n) is 6.78. The number of benzene rings is 1. The molecule has 1 aromatic rings. The molecule has 114 valence electrons. The zero-order valence-electron chi connectivity index (χ0n) is 13.7. The summed E-state index contributed by atoms with van der Waals surface area (Å²) < 4.78 is 11.3. The third-order valence-electron chi connectivity index (χ3n) is 4.24. The van der Waals surface area contributed by atoms with Crippen LogP contribution in [0.25, 0.3) is 0 Å². The smallest absolute Gasteiger partial charge is 0.191 e. The van der Waals surface area contributed by atoms with Crippen molar-refractivity contribution in [3.05, 3.63) is 29.8 Å². The Hall–Kier alpha value is -0.843. The van der Waals surface area contributed by atoms with E-state index in [-0.39, 0.29) is 11.1 Å². The van der Waals surface area contributed by atoms with E-state index < -0.39 is 8.32 Å². The normalized spacial score (nSPS) is 14.2. The predicted octanol–water partition coefficient (Wildman–Crippen LogP) is 4.11. The van der Waals surface area contributed by atoms with Gasteiger partial charge in [-0.15, -0.1) is 0 Å². The van der Waals surface area contributed by atoms with Gasteiger partial charge in [-0.05, 0) is 42.2 Å². The fourth-order valence-corrected chi connectivity index (χ4v) is 2.74. The fraction of sp³-hybridized carbons (Fsp3) is 0.625. The molecule has 0 saturated heterocycles. The third-order valence-corrected chi connectivity index (χ3v) is 8.78. The molecule has 0 radical (unpaired) electrons. The summed E-state index contributed by atoms with van der Waals surface area (Å²) in [5, 5.41) is 0.247. The van der Waals surface area contributed by atoms with Gasteiger partial charge in [0.25, 0.3) is 0 Å². The van der Waals surface area contributed by atoms with Crippen molar-refractivity contribution in [2.24, 2.45) is 5.73 Å². The molecule has 1 atom stereocenters. The highest BCUT2D eigenvalue weighted by molar-refractivity contribution is 6.74. The molecule has 0 aromatic heterocycles. The molecule has 0 amide bonds. The summed E-state index contributed by atoms with van der Waals surface area (Å²) in [5.74, 6) is 0.860. The molecule has 0 aliphatic rings. The van der Waals surface area contributed by atoms with Gasteiger partial charge in [0.15, 0.2) is 8.32 Å². The molecule has 0 aliphatic carbocycles. The van der Waals surface area contributed by atoms with Gasteiger partial charge in [-0.3, -0.25) is 0 Å². The van der Waals surface area contributed by atoms with Gasteiger partial charge in [0.2, 0.25) is 0 Å². The predicted molar refractivity (Wildman–Crippen MR) is 87.7 cm³/mol. The quantitative estimate of drug-likeness (QED) is 0.803. The van der Waals surface area contributed by atoms with Gasteiger partial charge in [-0.2, -0.15) is 0 Å². The average Bonchev–Trinajstić information content (AvgIpc) is 2.37. The van der Waals surface area contributed by atoms with Crippen molar-refractivity contribution < 1.29 is 9.16 Å². The molecule has 0 unspecified atom stereocenters. The van der Waals surface area contributed by atoms with Crippen LogP contribution < -0.4 is 10.5 Å². The number of rotatable bonds is 6. The van der Waals surface area contributed by atoms with E-state index in [1.54, 1.807) is 7.11 Å². The van der Waals surface area contributed by atoms with Gasteiger partial charge in [0.05, 0.1) is 7.11 Å². The Morgan fingerprint density at radius 1 is 1.15 bits per heavy atom. The minimum Gasteiger partial charge on any atom is -0.497 e. The lowest BCUT2D eigenvalue weighted by Gasteiger charge is -2.36. The van der Waals surface area contributed by atoms with Crippen LogP contribution in [0, 0.1) is 0 Å². The molecule has 1 aromatic carbocycles. The van der Waals surface area contributed by atoms with Crippen molar-refractivity contribution in [2.45, 2.75) is 51.4 Å². The molecule has 0 bridgehead atoms. The number of ether oxygens (including phenoxy) is 1. The molecule has 0 heterocycles. The number of hydrogen-bond acceptors (Lipinski definition) is 3. The summed E-state index contributed by atoms with van der Waals surface area (Å²) in [4.78, 5) is 0. The lowest BCUT2D eigenvalue weighted by atomic mass is 10.1. The monoisotopic (exact) mass is 295 g/mol. The molecular formula is C16H29NO2Si. The lowest BCUT2D eigenvalue weighted by Crippen LogP contribution is -2.41. The van der Waals surface area contributed by atoms with Crippen LogP contribution in [-0.4, -0.2) is 22.0 Å². The Morgan fingerprint density at radius 2 is 1.70 bits per heavy atom. The molecule has 2 N–H and O–H groups in total. The van der Waals surface area contributed by atoms with E-state index in [4.69, 9.17) is 14.9 Å². The van der Waals surface area contributed by atoms with E-state index in [2.05, 4.69) is 33.9 Å². The lowest BCUT2D eigenvalue weighted by molar-refractivity contribution is 0.272. The first kappa shape index (κ1) is 17.2. The van der Waals surface area contributed by atoms with Crippen molar-refractivity contribution in [2.75, 3.05) is 13.7 Å². The summed E-state index contributed by atoms with van der Waals surface area (Å²) in [6.07, 6.45) is 0.846. The highest BCUT2D eigenvalue weighted by atomic mass is 28.4. The van der Waals surface area contributed by atoms with Gasteiger partial charge in [-0.25, -0.2) is 0 Å². The van der Waals surface area contributed by atoms with E-state index in [9.17, 15) is 0 Å². The van der Waals surface area contributed by atoms with Crippen LogP contribution >= 0.6 is 0 Å². The first-order valence-electron chi connectivity index (χ1n) is 7.21. The summed E-state index contributed by atoms with van der Waals surface area (Å²) in [6, 6.07) is 7.96. The zero-order chi connectivity index (χ0) is 15.4. The minimum absolute atomic E-state index is 0.0191. The van der Waals surface area contributed by atoms with E-state index in [0.29, 0.717) is 0 Å². The van der Waals surface area contributed by atoms with E-state index >= 15 is 0 Å². The van der Waals surface area contributed by atoms with Crippen LogP contribution in [-0.2, 0) is 4.43 Å². The van der Waals surface area contributed by atoms with Gasteiger partial charge >= 0.3 is 0 Å². The molecule has 0 fully saturated rings. The fourth-order valence-electron chi connectivity index (χ4n) is 1.68. The third kappa shape index (κ3) is 4.61. The van der Waals surface area contributed by atoms with E-state index in [1.165, 1.54) is 0 Å². The first-order valence-corrected chi connectivity index (χ1v) is 10.1. The number of hydrogen-bond donors (Lipinski definition) is 1. The summed E-state index contributed by atoms with van der Waals surface area (Å²) >= 11 is 0. The maximum atomic E-state index is 6.22. The van der Waals surface area contributed by atoms with Gasteiger partial charge in [0, 0.05) is 12.6 Å². The van der Waals surface area contributed by atoms with Gasteiger partial charge < -0.3 is 14.9 Å². The van der Waals surface area contributed by atoms with Crippen molar-refractivity contribution >= 4 is 8.32 Å². The molecule has 4 heteroatoms. The largest absolute Gasteiger partial charge is 0.497 e. The van der Waals surface area contributed by atoms with Crippen molar-refractivity contribution in [1.82, 2.24) is 0 Å². The zero-order valence-corrected chi connectivity index (χ0v) is 14.7. The summed E-state index contributed by atoms with van der Waals surface area (Å²) in [6.45, 7) is 12.0. The Labute approximate surface area is 124 Å². The second kappa shape index (κ2) is 6.74. The number of methoxy groups -OCH3 is 1. The Kier molecular flexibility index (Phi) is 5.80. The van der Waals surface area contributed by atoms with Crippen LogP contribution in [0.3, 0.4) is 0 Å². The maximum absolute atomic E-state index is 6.22. The molecule has 3 nitrogen and oxygen atoms in total. The SMILES string of the molecule is COc1ccc([C@@H](N)CCO[Si](C)(C)C(C)(C)C)cc1. The Morgan fingerprint density at radius 3 is 2.15 bits per heavy atom. The molecule has 0 aliphatic heterocycles. The first-order chi connectivity index (χ1) is 9.17. The van der Waals surface area contributed by atoms with Crippen molar-refractivity contribution in [3.63, 3.8) is 0 Å². The van der Waals surface area contributed by atoms with Gasteiger partial charge in [0.1, 0.15) is 5.75 Å². The van der Waals surface area contributed by atoms with Crippen LogP contribution in [0.4, 0.5) is 0 Å². The highest BCUT2D eigenvalue weighted by Crippen LogP contribution is 2.36. The van der Waals surface area contributed by atoms with Crippen LogP contribution in [0.1, 0.15) is 38.8 Å². The average molecular weight is 295 g/mol. The minimum atomic E-state index is -1.66. The molecule has 0 spiro atoms.